The lowest BCUT2D eigenvalue weighted by atomic mass is 10.1. The van der Waals surface area contributed by atoms with E-state index in [4.69, 9.17) is 39.5 Å². The Morgan fingerprint density at radius 2 is 1.96 bits per heavy atom. The van der Waals surface area contributed by atoms with Crippen molar-refractivity contribution < 1.29 is 9.53 Å². The van der Waals surface area contributed by atoms with Crippen LogP contribution in [0.2, 0.25) is 15.1 Å². The van der Waals surface area contributed by atoms with Crippen LogP contribution in [0.1, 0.15) is 5.56 Å². The molecule has 0 aliphatic carbocycles. The largest absolute Gasteiger partial charge is 0.487 e. The van der Waals surface area contributed by atoms with Gasteiger partial charge < -0.3 is 10.1 Å². The van der Waals surface area contributed by atoms with Gasteiger partial charge in [-0.05, 0) is 30.3 Å². The third-order valence-electron chi connectivity index (χ3n) is 3.17. The zero-order valence-electron chi connectivity index (χ0n) is 13.4. The van der Waals surface area contributed by atoms with Gasteiger partial charge in [0.05, 0.1) is 15.7 Å². The van der Waals surface area contributed by atoms with Gasteiger partial charge in [0.25, 0.3) is 5.91 Å². The number of halogens is 3. The first kappa shape index (κ1) is 19.9. The minimum Gasteiger partial charge on any atom is -0.487 e. The SMILES string of the molecule is C=CCOc1c(Cl)cc(Cl)cc1/C=C(\C#N)C(=O)Nc1ccccc1Cl. The van der Waals surface area contributed by atoms with Crippen molar-refractivity contribution in [3.05, 3.63) is 75.3 Å². The Kier molecular flexibility index (Phi) is 7.11. The van der Waals surface area contributed by atoms with Crippen LogP contribution in [-0.4, -0.2) is 12.5 Å². The van der Waals surface area contributed by atoms with Gasteiger partial charge in [-0.15, -0.1) is 0 Å². The summed E-state index contributed by atoms with van der Waals surface area (Å²) in [7, 11) is 0. The summed E-state index contributed by atoms with van der Waals surface area (Å²) in [6, 6.07) is 11.6. The molecule has 7 heteroatoms. The number of anilines is 1. The minimum atomic E-state index is -0.619. The Morgan fingerprint density at radius 1 is 1.23 bits per heavy atom. The van der Waals surface area contributed by atoms with Crippen LogP contribution >= 0.6 is 34.8 Å². The van der Waals surface area contributed by atoms with E-state index >= 15 is 0 Å². The Balaban J connectivity index is 2.39. The summed E-state index contributed by atoms with van der Waals surface area (Å²) in [5.74, 6) is -0.319. The second-order valence-electron chi connectivity index (χ2n) is 5.01. The van der Waals surface area contributed by atoms with E-state index in [0.29, 0.717) is 27.0 Å². The summed E-state index contributed by atoms with van der Waals surface area (Å²) in [4.78, 5) is 12.4. The van der Waals surface area contributed by atoms with Crippen molar-refractivity contribution >= 4 is 52.5 Å². The molecule has 4 nitrogen and oxygen atoms in total. The van der Waals surface area contributed by atoms with Gasteiger partial charge in [0.2, 0.25) is 0 Å². The first-order valence-corrected chi connectivity index (χ1v) is 8.50. The number of hydrogen-bond acceptors (Lipinski definition) is 3. The molecule has 0 heterocycles. The molecule has 0 radical (unpaired) electrons. The molecule has 0 aliphatic rings. The van der Waals surface area contributed by atoms with Crippen molar-refractivity contribution in [2.45, 2.75) is 0 Å². The molecule has 1 N–H and O–H groups in total. The zero-order valence-corrected chi connectivity index (χ0v) is 15.7. The molecule has 0 spiro atoms. The average molecular weight is 408 g/mol. The average Bonchev–Trinajstić information content (AvgIpc) is 2.60. The Bertz CT molecular complexity index is 917. The second kappa shape index (κ2) is 9.30. The van der Waals surface area contributed by atoms with E-state index in [2.05, 4.69) is 11.9 Å². The number of nitriles is 1. The molecule has 2 rings (SSSR count). The first-order valence-electron chi connectivity index (χ1n) is 7.36. The maximum absolute atomic E-state index is 12.4. The van der Waals surface area contributed by atoms with Gasteiger partial charge >= 0.3 is 0 Å². The van der Waals surface area contributed by atoms with Crippen LogP contribution in [0.25, 0.3) is 6.08 Å². The van der Waals surface area contributed by atoms with Crippen molar-refractivity contribution in [2.24, 2.45) is 0 Å². The normalized spacial score (nSPS) is 10.8. The fraction of sp³-hybridized carbons (Fsp3) is 0.0526. The standard InChI is InChI=1S/C19H13Cl3N2O2/c1-2-7-26-18-12(9-14(20)10-16(18)22)8-13(11-23)19(25)24-17-6-4-3-5-15(17)21/h2-6,8-10H,1,7H2,(H,24,25)/b13-8+. The van der Waals surface area contributed by atoms with Gasteiger partial charge in [-0.3, -0.25) is 4.79 Å². The van der Waals surface area contributed by atoms with Gasteiger partial charge in [-0.25, -0.2) is 0 Å². The Morgan fingerprint density at radius 3 is 2.62 bits per heavy atom. The molecule has 0 aromatic heterocycles. The lowest BCUT2D eigenvalue weighted by Crippen LogP contribution is -2.13. The van der Waals surface area contributed by atoms with Crippen LogP contribution in [0, 0.1) is 11.3 Å². The van der Waals surface area contributed by atoms with E-state index < -0.39 is 5.91 Å². The number of nitrogens with zero attached hydrogens (tertiary/aromatic N) is 1. The molecule has 2 aromatic carbocycles. The molecular formula is C19H13Cl3N2O2. The second-order valence-corrected chi connectivity index (χ2v) is 6.26. The van der Waals surface area contributed by atoms with Crippen LogP contribution in [0.4, 0.5) is 5.69 Å². The van der Waals surface area contributed by atoms with E-state index in [9.17, 15) is 10.1 Å². The van der Waals surface area contributed by atoms with E-state index in [-0.39, 0.29) is 17.2 Å². The molecule has 0 fully saturated rings. The predicted molar refractivity (Wildman–Crippen MR) is 106 cm³/mol. The number of amides is 1. The highest BCUT2D eigenvalue weighted by atomic mass is 35.5. The number of para-hydroxylation sites is 1. The zero-order chi connectivity index (χ0) is 19.1. The van der Waals surface area contributed by atoms with Gasteiger partial charge in [0, 0.05) is 10.6 Å². The molecular weight excluding hydrogens is 395 g/mol. The number of hydrogen-bond donors (Lipinski definition) is 1. The topological polar surface area (TPSA) is 62.1 Å². The highest BCUT2D eigenvalue weighted by Gasteiger charge is 2.15. The van der Waals surface area contributed by atoms with E-state index in [0.717, 1.165) is 0 Å². The van der Waals surface area contributed by atoms with Crippen molar-refractivity contribution in [1.29, 1.82) is 5.26 Å². The monoisotopic (exact) mass is 406 g/mol. The third-order valence-corrected chi connectivity index (χ3v) is 4.00. The number of benzene rings is 2. The van der Waals surface area contributed by atoms with Crippen molar-refractivity contribution in [3.8, 4) is 11.8 Å². The maximum atomic E-state index is 12.4. The van der Waals surface area contributed by atoms with Gasteiger partial charge in [0.1, 0.15) is 24.0 Å². The van der Waals surface area contributed by atoms with Crippen LogP contribution in [0.3, 0.4) is 0 Å². The van der Waals surface area contributed by atoms with Crippen LogP contribution < -0.4 is 10.1 Å². The smallest absolute Gasteiger partial charge is 0.266 e. The third kappa shape index (κ3) is 5.03. The van der Waals surface area contributed by atoms with Gasteiger partial charge in [0.15, 0.2) is 0 Å². The lowest BCUT2D eigenvalue weighted by molar-refractivity contribution is -0.112. The van der Waals surface area contributed by atoms with Crippen molar-refractivity contribution in [2.75, 3.05) is 11.9 Å². The summed E-state index contributed by atoms with van der Waals surface area (Å²) in [5.41, 5.74) is 0.634. The highest BCUT2D eigenvalue weighted by Crippen LogP contribution is 2.34. The van der Waals surface area contributed by atoms with Crippen LogP contribution in [0.5, 0.6) is 5.75 Å². The molecule has 2 aromatic rings. The molecule has 132 valence electrons. The van der Waals surface area contributed by atoms with Gasteiger partial charge in [-0.2, -0.15) is 5.26 Å². The fourth-order valence-electron chi connectivity index (χ4n) is 2.04. The van der Waals surface area contributed by atoms with Crippen LogP contribution in [0.15, 0.2) is 54.6 Å². The first-order chi connectivity index (χ1) is 12.5. The highest BCUT2D eigenvalue weighted by molar-refractivity contribution is 6.36. The van der Waals surface area contributed by atoms with Crippen molar-refractivity contribution in [1.82, 2.24) is 0 Å². The summed E-state index contributed by atoms with van der Waals surface area (Å²) in [6.07, 6.45) is 2.90. The molecule has 0 aliphatic heterocycles. The summed E-state index contributed by atoms with van der Waals surface area (Å²) in [5, 5.41) is 12.9. The number of carbonyl (C=O) groups is 1. The molecule has 0 saturated carbocycles. The van der Waals surface area contributed by atoms with E-state index in [1.165, 1.54) is 12.1 Å². The molecule has 0 bridgehead atoms. The predicted octanol–water partition coefficient (Wildman–Crippen LogP) is 5.76. The number of nitrogens with one attached hydrogen (secondary N) is 1. The lowest BCUT2D eigenvalue weighted by Gasteiger charge is -2.11. The Hall–Kier alpha value is -2.45. The van der Waals surface area contributed by atoms with Crippen LogP contribution in [-0.2, 0) is 4.79 Å². The molecule has 26 heavy (non-hydrogen) atoms. The number of rotatable bonds is 6. The molecule has 0 saturated heterocycles. The van der Waals surface area contributed by atoms with Gasteiger partial charge in [-0.1, -0.05) is 59.6 Å². The van der Waals surface area contributed by atoms with E-state index in [1.807, 2.05) is 6.07 Å². The maximum Gasteiger partial charge on any atom is 0.266 e. The van der Waals surface area contributed by atoms with E-state index in [1.54, 1.807) is 36.4 Å². The summed E-state index contributed by atoms with van der Waals surface area (Å²) < 4.78 is 5.52. The summed E-state index contributed by atoms with van der Waals surface area (Å²) >= 11 is 18.2. The summed E-state index contributed by atoms with van der Waals surface area (Å²) in [6.45, 7) is 3.78. The molecule has 1 amide bonds. The minimum absolute atomic E-state index is 0.160. The number of carbonyl (C=O) groups excluding carboxylic acids is 1. The Labute approximate surface area is 166 Å². The fourth-order valence-corrected chi connectivity index (χ4v) is 2.79. The number of ether oxygens (including phenoxy) is 1. The molecule has 0 atom stereocenters. The molecule has 0 unspecified atom stereocenters. The quantitative estimate of drug-likeness (QED) is 0.376. The van der Waals surface area contributed by atoms with Crippen molar-refractivity contribution in [3.63, 3.8) is 0 Å².